The second-order valence-electron chi connectivity index (χ2n) is 5.08. The van der Waals surface area contributed by atoms with Crippen molar-refractivity contribution >= 4 is 21.6 Å². The Bertz CT molecular complexity index is 587. The third kappa shape index (κ3) is 3.72. The maximum Gasteiger partial charge on any atom is 0.241 e. The third-order valence-electron chi connectivity index (χ3n) is 3.67. The molecule has 1 aromatic carbocycles. The van der Waals surface area contributed by atoms with E-state index < -0.39 is 16.1 Å². The largest absolute Gasteiger partial charge is 0.241 e. The number of rotatable bonds is 4. The minimum Gasteiger partial charge on any atom is -0.207 e. The molecule has 0 heterocycles. The van der Waals surface area contributed by atoms with Gasteiger partial charge in [-0.05, 0) is 43.0 Å². The highest BCUT2D eigenvalue weighted by molar-refractivity contribution is 7.89. The average Bonchev–Trinajstić information content (AvgIpc) is 2.46. The van der Waals surface area contributed by atoms with Gasteiger partial charge in [0, 0.05) is 5.02 Å². The van der Waals surface area contributed by atoms with E-state index in [2.05, 4.69) is 10.8 Å². The molecule has 108 valence electrons. The SMILES string of the molecule is N#CC(NS(=O)(=O)c1ccc(Cl)cc1)C1CCCCC1. The van der Waals surface area contributed by atoms with Crippen LogP contribution in [-0.2, 0) is 10.0 Å². The van der Waals surface area contributed by atoms with Crippen LogP contribution in [0.5, 0.6) is 0 Å². The van der Waals surface area contributed by atoms with Crippen LogP contribution >= 0.6 is 11.6 Å². The number of benzene rings is 1. The standard InChI is InChI=1S/C14H17ClN2O2S/c15-12-6-8-13(9-7-12)20(18,19)17-14(10-16)11-4-2-1-3-5-11/h6-9,11,14,17H,1-5H2. The van der Waals surface area contributed by atoms with Crippen molar-refractivity contribution in [1.82, 2.24) is 4.72 Å². The number of hydrogen-bond acceptors (Lipinski definition) is 3. The summed E-state index contributed by atoms with van der Waals surface area (Å²) in [6, 6.07) is 7.38. The van der Waals surface area contributed by atoms with Crippen LogP contribution in [0.2, 0.25) is 5.02 Å². The molecular formula is C14H17ClN2O2S. The lowest BCUT2D eigenvalue weighted by atomic mass is 9.85. The van der Waals surface area contributed by atoms with E-state index >= 15 is 0 Å². The molecule has 1 aliphatic rings. The van der Waals surface area contributed by atoms with Crippen molar-refractivity contribution in [1.29, 1.82) is 5.26 Å². The molecule has 0 radical (unpaired) electrons. The molecule has 1 atom stereocenters. The van der Waals surface area contributed by atoms with Crippen LogP contribution < -0.4 is 4.72 Å². The highest BCUT2D eigenvalue weighted by atomic mass is 35.5. The van der Waals surface area contributed by atoms with E-state index in [9.17, 15) is 13.7 Å². The summed E-state index contributed by atoms with van der Waals surface area (Å²) in [4.78, 5) is 0.137. The molecule has 2 rings (SSSR count). The lowest BCUT2D eigenvalue weighted by Crippen LogP contribution is -2.40. The summed E-state index contributed by atoms with van der Waals surface area (Å²) in [5.74, 6) is 0.107. The van der Waals surface area contributed by atoms with Crippen molar-refractivity contribution < 1.29 is 8.42 Å². The zero-order valence-electron chi connectivity index (χ0n) is 11.0. The van der Waals surface area contributed by atoms with Gasteiger partial charge in [0.25, 0.3) is 0 Å². The van der Waals surface area contributed by atoms with Crippen molar-refractivity contribution in [2.45, 2.75) is 43.0 Å². The smallest absolute Gasteiger partial charge is 0.207 e. The molecule has 1 aromatic rings. The second kappa shape index (κ2) is 6.57. The van der Waals surface area contributed by atoms with E-state index in [1.807, 2.05) is 0 Å². The van der Waals surface area contributed by atoms with E-state index in [-0.39, 0.29) is 10.8 Å². The fraction of sp³-hybridized carbons (Fsp3) is 0.500. The Balaban J connectivity index is 2.13. The fourth-order valence-electron chi connectivity index (χ4n) is 2.54. The van der Waals surface area contributed by atoms with Gasteiger partial charge >= 0.3 is 0 Å². The average molecular weight is 313 g/mol. The summed E-state index contributed by atoms with van der Waals surface area (Å²) in [6.45, 7) is 0. The molecule has 1 unspecified atom stereocenters. The summed E-state index contributed by atoms with van der Waals surface area (Å²) >= 11 is 5.75. The van der Waals surface area contributed by atoms with Gasteiger partial charge in [0.05, 0.1) is 11.0 Å². The molecule has 0 aromatic heterocycles. The Morgan fingerprint density at radius 2 is 1.80 bits per heavy atom. The minimum absolute atomic E-state index is 0.107. The number of hydrogen-bond donors (Lipinski definition) is 1. The van der Waals surface area contributed by atoms with Gasteiger partial charge in [0.1, 0.15) is 6.04 Å². The van der Waals surface area contributed by atoms with Crippen molar-refractivity contribution in [2.24, 2.45) is 5.92 Å². The molecule has 1 N–H and O–H groups in total. The van der Waals surface area contributed by atoms with Gasteiger partial charge in [-0.25, -0.2) is 8.42 Å². The number of halogens is 1. The second-order valence-corrected chi connectivity index (χ2v) is 7.23. The molecule has 6 heteroatoms. The monoisotopic (exact) mass is 312 g/mol. The van der Waals surface area contributed by atoms with Crippen molar-refractivity contribution in [3.8, 4) is 6.07 Å². The Morgan fingerprint density at radius 1 is 1.20 bits per heavy atom. The summed E-state index contributed by atoms with van der Waals surface area (Å²) in [5, 5.41) is 9.71. The van der Waals surface area contributed by atoms with E-state index in [1.54, 1.807) is 0 Å². The number of sulfonamides is 1. The first-order chi connectivity index (χ1) is 9.53. The normalized spacial score (nSPS) is 18.4. The molecule has 1 saturated carbocycles. The van der Waals surface area contributed by atoms with Crippen LogP contribution in [0.3, 0.4) is 0 Å². The summed E-state index contributed by atoms with van der Waals surface area (Å²) in [5.41, 5.74) is 0. The van der Waals surface area contributed by atoms with E-state index in [0.717, 1.165) is 25.7 Å². The van der Waals surface area contributed by atoms with Crippen LogP contribution in [0.25, 0.3) is 0 Å². The van der Waals surface area contributed by atoms with Gasteiger partial charge in [0.2, 0.25) is 10.0 Å². The third-order valence-corrected chi connectivity index (χ3v) is 5.38. The zero-order chi connectivity index (χ0) is 14.6. The minimum atomic E-state index is -3.67. The van der Waals surface area contributed by atoms with Crippen molar-refractivity contribution in [2.75, 3.05) is 0 Å². The topological polar surface area (TPSA) is 70.0 Å². The highest BCUT2D eigenvalue weighted by Crippen LogP contribution is 2.27. The van der Waals surface area contributed by atoms with Crippen LogP contribution in [0, 0.1) is 17.2 Å². The number of nitrogens with zero attached hydrogens (tertiary/aromatic N) is 1. The molecule has 0 aliphatic heterocycles. The van der Waals surface area contributed by atoms with Crippen LogP contribution in [0.15, 0.2) is 29.2 Å². The molecular weight excluding hydrogens is 296 g/mol. The molecule has 1 fully saturated rings. The summed E-state index contributed by atoms with van der Waals surface area (Å²) in [7, 11) is -3.67. The van der Waals surface area contributed by atoms with Gasteiger partial charge in [-0.3, -0.25) is 0 Å². The first-order valence-corrected chi connectivity index (χ1v) is 8.56. The lowest BCUT2D eigenvalue weighted by Gasteiger charge is -2.26. The maximum absolute atomic E-state index is 12.3. The Labute approximate surface area is 124 Å². The van der Waals surface area contributed by atoms with Gasteiger partial charge < -0.3 is 0 Å². The first-order valence-electron chi connectivity index (χ1n) is 6.70. The van der Waals surface area contributed by atoms with Crippen molar-refractivity contribution in [3.63, 3.8) is 0 Å². The van der Waals surface area contributed by atoms with Crippen molar-refractivity contribution in [3.05, 3.63) is 29.3 Å². The molecule has 4 nitrogen and oxygen atoms in total. The van der Waals surface area contributed by atoms with Gasteiger partial charge in [-0.2, -0.15) is 9.98 Å². The lowest BCUT2D eigenvalue weighted by molar-refractivity contribution is 0.324. The molecule has 0 bridgehead atoms. The predicted octanol–water partition coefficient (Wildman–Crippen LogP) is 3.09. The zero-order valence-corrected chi connectivity index (χ0v) is 12.6. The quantitative estimate of drug-likeness (QED) is 0.928. The maximum atomic E-state index is 12.3. The van der Waals surface area contributed by atoms with Gasteiger partial charge in [0.15, 0.2) is 0 Å². The Hall–Kier alpha value is -1.09. The van der Waals surface area contributed by atoms with E-state index in [4.69, 9.17) is 11.6 Å². The van der Waals surface area contributed by atoms with Crippen LogP contribution in [0.4, 0.5) is 0 Å². The van der Waals surface area contributed by atoms with E-state index in [1.165, 1.54) is 30.7 Å². The molecule has 0 amide bonds. The van der Waals surface area contributed by atoms with Crippen LogP contribution in [-0.4, -0.2) is 14.5 Å². The first kappa shape index (κ1) is 15.3. The van der Waals surface area contributed by atoms with E-state index in [0.29, 0.717) is 5.02 Å². The van der Waals surface area contributed by atoms with Gasteiger partial charge in [-0.1, -0.05) is 30.9 Å². The summed E-state index contributed by atoms with van der Waals surface area (Å²) in [6.07, 6.45) is 5.10. The molecule has 0 spiro atoms. The Kier molecular flexibility index (Phi) is 5.03. The summed E-state index contributed by atoms with van der Waals surface area (Å²) < 4.78 is 27.0. The Morgan fingerprint density at radius 3 is 2.35 bits per heavy atom. The molecule has 0 saturated heterocycles. The number of nitrogens with one attached hydrogen (secondary N) is 1. The van der Waals surface area contributed by atoms with Gasteiger partial charge in [-0.15, -0.1) is 0 Å². The molecule has 1 aliphatic carbocycles. The van der Waals surface area contributed by atoms with Crippen LogP contribution in [0.1, 0.15) is 32.1 Å². The molecule has 20 heavy (non-hydrogen) atoms. The number of nitriles is 1. The predicted molar refractivity (Wildman–Crippen MR) is 77.7 cm³/mol. The highest BCUT2D eigenvalue weighted by Gasteiger charge is 2.28. The fourth-order valence-corrected chi connectivity index (χ4v) is 3.88.